The maximum atomic E-state index is 12.8. The monoisotopic (exact) mass is 294 g/mol. The highest BCUT2D eigenvalue weighted by molar-refractivity contribution is 7.89. The fourth-order valence-electron chi connectivity index (χ4n) is 2.36. The summed E-state index contributed by atoms with van der Waals surface area (Å²) in [5.74, 6) is 0.631. The van der Waals surface area contributed by atoms with Gasteiger partial charge in [0.05, 0.1) is 16.9 Å². The average Bonchev–Trinajstić information content (AvgIpc) is 2.37. The highest BCUT2D eigenvalue weighted by Crippen LogP contribution is 2.30. The number of allylic oxidation sites excluding steroid dienone is 1. The quantitative estimate of drug-likeness (QED) is 0.859. The van der Waals surface area contributed by atoms with Crippen LogP contribution in [0.25, 0.3) is 0 Å². The lowest BCUT2D eigenvalue weighted by Gasteiger charge is -2.23. The molecule has 2 nitrogen and oxygen atoms in total. The fourth-order valence-corrected chi connectivity index (χ4v) is 4.05. The van der Waals surface area contributed by atoms with E-state index >= 15 is 0 Å². The Morgan fingerprint density at radius 2 is 1.80 bits per heavy atom. The Morgan fingerprint density at radius 3 is 2.20 bits per heavy atom. The Balaban J connectivity index is 3.17. The van der Waals surface area contributed by atoms with E-state index < -0.39 is 16.9 Å². The van der Waals surface area contributed by atoms with Gasteiger partial charge in [-0.3, -0.25) is 0 Å². The zero-order valence-corrected chi connectivity index (χ0v) is 13.9. The van der Waals surface area contributed by atoms with Gasteiger partial charge in [0.25, 0.3) is 0 Å². The van der Waals surface area contributed by atoms with Gasteiger partial charge in [-0.25, -0.2) is 4.21 Å². The molecule has 0 aliphatic heterocycles. The van der Waals surface area contributed by atoms with Crippen LogP contribution in [0.4, 0.5) is 0 Å². The average molecular weight is 294 g/mol. The zero-order chi connectivity index (χ0) is 15.3. The maximum Gasteiger partial charge on any atom is 0.0809 e. The Hall–Kier alpha value is -0.930. The summed E-state index contributed by atoms with van der Waals surface area (Å²) < 4.78 is 12.8. The molecule has 1 aromatic carbocycles. The number of aliphatic hydroxyl groups excluding tert-OH is 1. The van der Waals surface area contributed by atoms with Gasteiger partial charge in [0.1, 0.15) is 0 Å². The molecule has 3 heteroatoms. The number of benzene rings is 1. The van der Waals surface area contributed by atoms with Crippen molar-refractivity contribution in [3.8, 4) is 0 Å². The third kappa shape index (κ3) is 4.57. The Bertz CT molecular complexity index is 472. The van der Waals surface area contributed by atoms with Gasteiger partial charge < -0.3 is 5.11 Å². The molecule has 1 rings (SSSR count). The molecule has 0 heterocycles. The first-order valence-corrected chi connectivity index (χ1v) is 8.40. The van der Waals surface area contributed by atoms with E-state index in [0.717, 1.165) is 21.8 Å². The second-order valence-corrected chi connectivity index (χ2v) is 7.13. The molecule has 0 saturated carbocycles. The van der Waals surface area contributed by atoms with Gasteiger partial charge in [0.2, 0.25) is 0 Å². The van der Waals surface area contributed by atoms with E-state index in [0.29, 0.717) is 5.92 Å². The SMILES string of the molecule is CC[C@@H](/C(=C/[C@H](C)O)S(=O)c1ccc(C)cc1)C(C)C. The highest BCUT2D eigenvalue weighted by Gasteiger charge is 2.23. The van der Waals surface area contributed by atoms with Crippen molar-refractivity contribution in [1.29, 1.82) is 0 Å². The van der Waals surface area contributed by atoms with Crippen molar-refractivity contribution in [2.45, 2.75) is 52.0 Å². The second-order valence-electron chi connectivity index (χ2n) is 5.65. The van der Waals surface area contributed by atoms with Crippen LogP contribution in [0.1, 0.15) is 39.7 Å². The number of hydrogen-bond donors (Lipinski definition) is 1. The van der Waals surface area contributed by atoms with Gasteiger partial charge in [0.15, 0.2) is 0 Å². The lowest BCUT2D eigenvalue weighted by molar-refractivity contribution is 0.242. The van der Waals surface area contributed by atoms with E-state index in [4.69, 9.17) is 0 Å². The van der Waals surface area contributed by atoms with Crippen LogP contribution in [0.5, 0.6) is 0 Å². The largest absolute Gasteiger partial charge is 0.389 e. The predicted octanol–water partition coefficient (Wildman–Crippen LogP) is 4.05. The van der Waals surface area contributed by atoms with Crippen LogP contribution in [-0.4, -0.2) is 15.4 Å². The van der Waals surface area contributed by atoms with E-state index in [-0.39, 0.29) is 5.92 Å². The molecule has 112 valence electrons. The zero-order valence-electron chi connectivity index (χ0n) is 13.1. The normalized spacial score (nSPS) is 17.1. The van der Waals surface area contributed by atoms with Crippen LogP contribution in [-0.2, 0) is 10.8 Å². The smallest absolute Gasteiger partial charge is 0.0809 e. The van der Waals surface area contributed by atoms with Crippen molar-refractivity contribution < 1.29 is 9.32 Å². The van der Waals surface area contributed by atoms with Crippen molar-refractivity contribution >= 4 is 10.8 Å². The molecular weight excluding hydrogens is 268 g/mol. The van der Waals surface area contributed by atoms with Gasteiger partial charge in [-0.1, -0.05) is 38.5 Å². The van der Waals surface area contributed by atoms with Crippen molar-refractivity contribution in [3.63, 3.8) is 0 Å². The predicted molar refractivity (Wildman–Crippen MR) is 86.0 cm³/mol. The molecule has 0 aromatic heterocycles. The minimum absolute atomic E-state index is 0.228. The van der Waals surface area contributed by atoms with Crippen LogP contribution in [0.2, 0.25) is 0 Å². The molecule has 0 spiro atoms. The summed E-state index contributed by atoms with van der Waals surface area (Å²) >= 11 is 0. The first kappa shape index (κ1) is 17.1. The number of rotatable bonds is 6. The van der Waals surface area contributed by atoms with Crippen LogP contribution in [0.3, 0.4) is 0 Å². The summed E-state index contributed by atoms with van der Waals surface area (Å²) in [6, 6.07) is 7.77. The molecule has 1 aromatic rings. The molecule has 20 heavy (non-hydrogen) atoms. The molecule has 0 fully saturated rings. The van der Waals surface area contributed by atoms with Gasteiger partial charge in [-0.2, -0.15) is 0 Å². The minimum Gasteiger partial charge on any atom is -0.389 e. The Kier molecular flexibility index (Phi) is 6.63. The number of aliphatic hydroxyl groups is 1. The standard InChI is InChI=1S/C17H26O2S/c1-6-16(12(2)3)17(11-14(5)18)20(19)15-9-7-13(4)8-10-15/h7-12,14,16,18H,6H2,1-5H3/b17-11-/t14-,16+,20?/m0/s1. The van der Waals surface area contributed by atoms with Gasteiger partial charge in [-0.05, 0) is 50.3 Å². The number of hydrogen-bond acceptors (Lipinski definition) is 2. The second kappa shape index (κ2) is 7.75. The van der Waals surface area contributed by atoms with Crippen molar-refractivity contribution in [2.24, 2.45) is 11.8 Å². The number of aryl methyl sites for hydroxylation is 1. The van der Waals surface area contributed by atoms with Crippen LogP contribution in [0.15, 0.2) is 40.1 Å². The fraction of sp³-hybridized carbons (Fsp3) is 0.529. The van der Waals surface area contributed by atoms with Gasteiger partial charge in [-0.15, -0.1) is 0 Å². The molecule has 0 saturated heterocycles. The third-order valence-electron chi connectivity index (χ3n) is 3.46. The molecule has 3 atom stereocenters. The van der Waals surface area contributed by atoms with E-state index in [1.54, 1.807) is 13.0 Å². The van der Waals surface area contributed by atoms with Gasteiger partial charge >= 0.3 is 0 Å². The lowest BCUT2D eigenvalue weighted by Crippen LogP contribution is -2.16. The Labute approximate surface area is 125 Å². The molecule has 0 radical (unpaired) electrons. The highest BCUT2D eigenvalue weighted by atomic mass is 32.2. The summed E-state index contributed by atoms with van der Waals surface area (Å²) in [4.78, 5) is 1.66. The molecular formula is C17H26O2S. The van der Waals surface area contributed by atoms with E-state index in [9.17, 15) is 9.32 Å². The van der Waals surface area contributed by atoms with Crippen molar-refractivity contribution in [2.75, 3.05) is 0 Å². The van der Waals surface area contributed by atoms with Crippen LogP contribution in [0, 0.1) is 18.8 Å². The van der Waals surface area contributed by atoms with E-state index in [1.807, 2.05) is 31.2 Å². The molecule has 0 aliphatic rings. The minimum atomic E-state index is -1.20. The summed E-state index contributed by atoms with van der Waals surface area (Å²) in [6.45, 7) is 10.1. The van der Waals surface area contributed by atoms with Crippen LogP contribution < -0.4 is 0 Å². The first-order chi connectivity index (χ1) is 9.36. The summed E-state index contributed by atoms with van der Waals surface area (Å²) in [7, 11) is -1.20. The Morgan fingerprint density at radius 1 is 1.25 bits per heavy atom. The third-order valence-corrected chi connectivity index (χ3v) is 5.03. The van der Waals surface area contributed by atoms with Crippen LogP contribution >= 0.6 is 0 Å². The van der Waals surface area contributed by atoms with E-state index in [2.05, 4.69) is 20.8 Å². The molecule has 0 amide bonds. The molecule has 0 aliphatic carbocycles. The summed E-state index contributed by atoms with van der Waals surface area (Å²) in [5.41, 5.74) is 1.16. The lowest BCUT2D eigenvalue weighted by atomic mass is 9.92. The molecule has 1 N–H and O–H groups in total. The topological polar surface area (TPSA) is 37.3 Å². The van der Waals surface area contributed by atoms with E-state index in [1.165, 1.54) is 0 Å². The first-order valence-electron chi connectivity index (χ1n) is 7.25. The summed E-state index contributed by atoms with van der Waals surface area (Å²) in [5, 5.41) is 9.68. The van der Waals surface area contributed by atoms with Crippen molar-refractivity contribution in [1.82, 2.24) is 0 Å². The van der Waals surface area contributed by atoms with Gasteiger partial charge in [0, 0.05) is 9.80 Å². The maximum absolute atomic E-state index is 12.8. The molecule has 1 unspecified atom stereocenters. The molecule has 0 bridgehead atoms. The summed E-state index contributed by atoms with van der Waals surface area (Å²) in [6.07, 6.45) is 2.10. The van der Waals surface area contributed by atoms with Crippen molar-refractivity contribution in [3.05, 3.63) is 40.8 Å².